The molecule has 2 rings (SSSR count). The van der Waals surface area contributed by atoms with Crippen LogP contribution in [0.1, 0.15) is 18.9 Å². The fourth-order valence-electron chi connectivity index (χ4n) is 1.06. The van der Waals surface area contributed by atoms with Crippen molar-refractivity contribution in [3.63, 3.8) is 0 Å². The highest BCUT2D eigenvalue weighted by atomic mass is 79.9. The molecule has 0 bridgehead atoms. The molecule has 1 N–H and O–H groups in total. The Bertz CT molecular complexity index is 452. The van der Waals surface area contributed by atoms with Crippen molar-refractivity contribution in [3.05, 3.63) is 22.7 Å². The second-order valence-electron chi connectivity index (χ2n) is 3.06. The molecule has 2 aromatic rings. The van der Waals surface area contributed by atoms with E-state index in [0.29, 0.717) is 22.2 Å². The lowest BCUT2D eigenvalue weighted by Crippen LogP contribution is -2.12. The maximum absolute atomic E-state index is 5.44. The third-order valence-corrected chi connectivity index (χ3v) is 2.45. The van der Waals surface area contributed by atoms with E-state index < -0.39 is 0 Å². The smallest absolute Gasteiger partial charge is 0.283 e. The summed E-state index contributed by atoms with van der Waals surface area (Å²) in [5, 5.41) is 10.8. The standard InChI is InChI=1S/C9H10BrN3O2/c1-5(11-2)8-12-13-9(15-8)6-3-4-7(10)14-6/h3-5,11H,1-2H3. The summed E-state index contributed by atoms with van der Waals surface area (Å²) in [6.07, 6.45) is 0. The Balaban J connectivity index is 2.27. The van der Waals surface area contributed by atoms with Gasteiger partial charge in [-0.2, -0.15) is 0 Å². The van der Waals surface area contributed by atoms with Crippen LogP contribution in [0.3, 0.4) is 0 Å². The molecule has 0 radical (unpaired) electrons. The van der Waals surface area contributed by atoms with Gasteiger partial charge in [0.15, 0.2) is 10.4 Å². The maximum atomic E-state index is 5.44. The Kier molecular flexibility index (Phi) is 2.88. The molecule has 0 saturated heterocycles. The Morgan fingerprint density at radius 3 is 2.73 bits per heavy atom. The first-order valence-electron chi connectivity index (χ1n) is 4.47. The van der Waals surface area contributed by atoms with Gasteiger partial charge in [0.2, 0.25) is 5.89 Å². The van der Waals surface area contributed by atoms with Crippen molar-refractivity contribution in [2.45, 2.75) is 13.0 Å². The number of hydrogen-bond donors (Lipinski definition) is 1. The summed E-state index contributed by atoms with van der Waals surface area (Å²) < 4.78 is 11.4. The number of nitrogens with zero attached hydrogens (tertiary/aromatic N) is 2. The van der Waals surface area contributed by atoms with Gasteiger partial charge < -0.3 is 14.2 Å². The molecular weight excluding hydrogens is 262 g/mol. The molecule has 0 fully saturated rings. The molecule has 15 heavy (non-hydrogen) atoms. The summed E-state index contributed by atoms with van der Waals surface area (Å²) in [5.41, 5.74) is 0. The first-order chi connectivity index (χ1) is 7.20. The van der Waals surface area contributed by atoms with Gasteiger partial charge in [-0.25, -0.2) is 0 Å². The highest BCUT2D eigenvalue weighted by Gasteiger charge is 2.15. The summed E-state index contributed by atoms with van der Waals surface area (Å²) in [4.78, 5) is 0. The van der Waals surface area contributed by atoms with Crippen molar-refractivity contribution in [1.82, 2.24) is 15.5 Å². The summed E-state index contributed by atoms with van der Waals surface area (Å²) in [7, 11) is 1.83. The average Bonchev–Trinajstić information content (AvgIpc) is 2.84. The van der Waals surface area contributed by atoms with Crippen LogP contribution in [0.25, 0.3) is 11.7 Å². The van der Waals surface area contributed by atoms with Crippen LogP contribution in [-0.4, -0.2) is 17.2 Å². The number of halogens is 1. The summed E-state index contributed by atoms with van der Waals surface area (Å²) >= 11 is 3.21. The molecule has 0 aliphatic carbocycles. The molecule has 0 aliphatic rings. The van der Waals surface area contributed by atoms with E-state index in [4.69, 9.17) is 8.83 Å². The van der Waals surface area contributed by atoms with Crippen LogP contribution in [0.2, 0.25) is 0 Å². The van der Waals surface area contributed by atoms with Crippen LogP contribution in [0, 0.1) is 0 Å². The summed E-state index contributed by atoms with van der Waals surface area (Å²) in [5.74, 6) is 1.49. The molecule has 1 atom stereocenters. The monoisotopic (exact) mass is 271 g/mol. The maximum Gasteiger partial charge on any atom is 0.283 e. The number of hydrogen-bond acceptors (Lipinski definition) is 5. The largest absolute Gasteiger partial charge is 0.444 e. The lowest BCUT2D eigenvalue weighted by atomic mass is 10.3. The van der Waals surface area contributed by atoms with Crippen LogP contribution < -0.4 is 5.32 Å². The second kappa shape index (κ2) is 4.16. The van der Waals surface area contributed by atoms with Gasteiger partial charge in [0.05, 0.1) is 6.04 Å². The first kappa shape index (κ1) is 10.4. The van der Waals surface area contributed by atoms with Gasteiger partial charge in [0, 0.05) is 0 Å². The van der Waals surface area contributed by atoms with E-state index in [1.807, 2.05) is 14.0 Å². The first-order valence-corrected chi connectivity index (χ1v) is 5.26. The Morgan fingerprint density at radius 2 is 2.13 bits per heavy atom. The fourth-order valence-corrected chi connectivity index (χ4v) is 1.37. The second-order valence-corrected chi connectivity index (χ2v) is 3.84. The van der Waals surface area contributed by atoms with E-state index in [1.165, 1.54) is 0 Å². The zero-order valence-corrected chi connectivity index (χ0v) is 9.91. The molecule has 0 spiro atoms. The molecule has 6 heteroatoms. The van der Waals surface area contributed by atoms with Crippen LogP contribution in [0.15, 0.2) is 25.6 Å². The third-order valence-electron chi connectivity index (χ3n) is 2.03. The van der Waals surface area contributed by atoms with Gasteiger partial charge >= 0.3 is 0 Å². The molecule has 0 saturated carbocycles. The van der Waals surface area contributed by atoms with Crippen molar-refractivity contribution in [2.24, 2.45) is 0 Å². The van der Waals surface area contributed by atoms with Gasteiger partial charge in [0.25, 0.3) is 5.89 Å². The average molecular weight is 272 g/mol. The predicted octanol–water partition coefficient (Wildman–Crippen LogP) is 2.37. The predicted molar refractivity (Wildman–Crippen MR) is 57.2 cm³/mol. The van der Waals surface area contributed by atoms with Crippen molar-refractivity contribution in [3.8, 4) is 11.7 Å². The van der Waals surface area contributed by atoms with Crippen LogP contribution in [0.5, 0.6) is 0 Å². The molecule has 2 heterocycles. The van der Waals surface area contributed by atoms with Gasteiger partial charge in [-0.3, -0.25) is 0 Å². The Hall–Kier alpha value is -1.14. The van der Waals surface area contributed by atoms with Crippen molar-refractivity contribution in [2.75, 3.05) is 7.05 Å². The van der Waals surface area contributed by atoms with E-state index in [1.54, 1.807) is 12.1 Å². The van der Waals surface area contributed by atoms with E-state index in [0.717, 1.165) is 0 Å². The summed E-state index contributed by atoms with van der Waals surface area (Å²) in [6.45, 7) is 1.94. The van der Waals surface area contributed by atoms with E-state index in [9.17, 15) is 0 Å². The van der Waals surface area contributed by atoms with Crippen molar-refractivity contribution >= 4 is 15.9 Å². The molecular formula is C9H10BrN3O2. The molecule has 0 amide bonds. The number of aromatic nitrogens is 2. The zero-order valence-electron chi connectivity index (χ0n) is 8.32. The van der Waals surface area contributed by atoms with Gasteiger partial charge in [-0.15, -0.1) is 10.2 Å². The zero-order chi connectivity index (χ0) is 10.8. The van der Waals surface area contributed by atoms with E-state index in [-0.39, 0.29) is 6.04 Å². The third kappa shape index (κ3) is 2.10. The molecule has 2 aromatic heterocycles. The number of furan rings is 1. The van der Waals surface area contributed by atoms with Crippen LogP contribution >= 0.6 is 15.9 Å². The van der Waals surface area contributed by atoms with Crippen molar-refractivity contribution in [1.29, 1.82) is 0 Å². The molecule has 80 valence electrons. The topological polar surface area (TPSA) is 64.1 Å². The van der Waals surface area contributed by atoms with E-state index >= 15 is 0 Å². The normalized spacial score (nSPS) is 13.0. The minimum atomic E-state index is 0.0321. The van der Waals surface area contributed by atoms with Gasteiger partial charge in [-0.1, -0.05) is 0 Å². The molecule has 0 aliphatic heterocycles. The molecule has 1 unspecified atom stereocenters. The number of nitrogens with one attached hydrogen (secondary N) is 1. The highest BCUT2D eigenvalue weighted by molar-refractivity contribution is 9.10. The van der Waals surface area contributed by atoms with Crippen LogP contribution in [-0.2, 0) is 0 Å². The fraction of sp³-hybridized carbons (Fsp3) is 0.333. The minimum Gasteiger partial charge on any atom is -0.444 e. The quantitative estimate of drug-likeness (QED) is 0.929. The number of rotatable bonds is 3. The molecule has 0 aromatic carbocycles. The van der Waals surface area contributed by atoms with E-state index in [2.05, 4.69) is 31.4 Å². The lowest BCUT2D eigenvalue weighted by Gasteiger charge is -2.01. The van der Waals surface area contributed by atoms with Crippen molar-refractivity contribution < 1.29 is 8.83 Å². The molecule has 5 nitrogen and oxygen atoms in total. The Morgan fingerprint density at radius 1 is 1.33 bits per heavy atom. The Labute approximate surface area is 95.0 Å². The highest BCUT2D eigenvalue weighted by Crippen LogP contribution is 2.24. The lowest BCUT2D eigenvalue weighted by molar-refractivity contribution is 0.429. The minimum absolute atomic E-state index is 0.0321. The van der Waals surface area contributed by atoms with Gasteiger partial charge in [0.1, 0.15) is 0 Å². The SMILES string of the molecule is CNC(C)c1nnc(-c2ccc(Br)o2)o1. The summed E-state index contributed by atoms with van der Waals surface area (Å²) in [6, 6.07) is 3.58. The van der Waals surface area contributed by atoms with Gasteiger partial charge in [-0.05, 0) is 42.0 Å². The van der Waals surface area contributed by atoms with Crippen LogP contribution in [0.4, 0.5) is 0 Å².